The van der Waals surface area contributed by atoms with Crippen molar-refractivity contribution in [2.24, 2.45) is 0 Å². The van der Waals surface area contributed by atoms with Gasteiger partial charge >= 0.3 is 0 Å². The largest absolute Gasteiger partial charge is 0.373 e. The molecule has 0 fully saturated rings. The van der Waals surface area contributed by atoms with Crippen LogP contribution in [0.4, 0.5) is 11.4 Å². The van der Waals surface area contributed by atoms with Gasteiger partial charge in [0.1, 0.15) is 0 Å². The molecule has 3 heteroatoms. The molecule has 1 aliphatic heterocycles. The molecule has 4 rings (SSSR count). The number of nitrogens with zero attached hydrogens (tertiary/aromatic N) is 1. The molecule has 1 aliphatic rings. The standard InChI is InChI=1S/C23H22N2O/c1-25-16-6-10-19-9-5-11-21(22(19)25)24-23(26)20-14-12-18(13-15-20)17-7-3-2-4-8-17/h2-5,7-9,11-15H,6,10,16H2,1H3,(H,24,26). The van der Waals surface area contributed by atoms with Crippen LogP contribution in [-0.4, -0.2) is 19.5 Å². The van der Waals surface area contributed by atoms with E-state index < -0.39 is 0 Å². The van der Waals surface area contributed by atoms with Crippen LogP contribution in [0, 0.1) is 0 Å². The maximum atomic E-state index is 12.7. The molecule has 0 saturated heterocycles. The zero-order valence-corrected chi connectivity index (χ0v) is 14.9. The van der Waals surface area contributed by atoms with Crippen LogP contribution in [0.1, 0.15) is 22.3 Å². The number of para-hydroxylation sites is 1. The van der Waals surface area contributed by atoms with E-state index in [-0.39, 0.29) is 5.91 Å². The summed E-state index contributed by atoms with van der Waals surface area (Å²) in [5.74, 6) is -0.0722. The molecule has 0 unspecified atom stereocenters. The van der Waals surface area contributed by atoms with Gasteiger partial charge < -0.3 is 10.2 Å². The van der Waals surface area contributed by atoms with E-state index in [0.29, 0.717) is 5.56 Å². The molecule has 0 spiro atoms. The Bertz CT molecular complexity index is 917. The third-order valence-corrected chi connectivity index (χ3v) is 4.94. The Morgan fingerprint density at radius 3 is 2.38 bits per heavy atom. The fraction of sp³-hybridized carbons (Fsp3) is 0.174. The molecule has 0 atom stereocenters. The molecule has 1 heterocycles. The van der Waals surface area contributed by atoms with E-state index in [2.05, 4.69) is 35.5 Å². The number of aryl methyl sites for hydroxylation is 1. The number of rotatable bonds is 3. The van der Waals surface area contributed by atoms with Gasteiger partial charge in [-0.05, 0) is 47.7 Å². The lowest BCUT2D eigenvalue weighted by molar-refractivity contribution is 0.102. The third kappa shape index (κ3) is 3.21. The lowest BCUT2D eigenvalue weighted by Gasteiger charge is -2.29. The highest BCUT2D eigenvalue weighted by molar-refractivity contribution is 6.06. The molecular formula is C23H22N2O. The molecule has 130 valence electrons. The number of nitrogens with one attached hydrogen (secondary N) is 1. The van der Waals surface area contributed by atoms with Gasteiger partial charge in [0.2, 0.25) is 0 Å². The Kier molecular flexibility index (Phi) is 4.44. The van der Waals surface area contributed by atoms with Crippen molar-refractivity contribution in [3.05, 3.63) is 83.9 Å². The number of carbonyl (C=O) groups is 1. The molecule has 1 amide bonds. The molecule has 0 bridgehead atoms. The maximum Gasteiger partial charge on any atom is 0.255 e. The molecule has 1 N–H and O–H groups in total. The summed E-state index contributed by atoms with van der Waals surface area (Å²) in [5, 5.41) is 3.10. The first-order valence-corrected chi connectivity index (χ1v) is 9.02. The van der Waals surface area contributed by atoms with Gasteiger partial charge in [-0.15, -0.1) is 0 Å². The Balaban J connectivity index is 1.56. The van der Waals surface area contributed by atoms with Crippen molar-refractivity contribution in [2.45, 2.75) is 12.8 Å². The zero-order valence-electron chi connectivity index (χ0n) is 14.9. The van der Waals surface area contributed by atoms with Crippen molar-refractivity contribution < 1.29 is 4.79 Å². The summed E-state index contributed by atoms with van der Waals surface area (Å²) in [5.41, 5.74) is 6.27. The molecule has 3 aromatic rings. The molecule has 0 aliphatic carbocycles. The van der Waals surface area contributed by atoms with Crippen molar-refractivity contribution in [3.63, 3.8) is 0 Å². The summed E-state index contributed by atoms with van der Waals surface area (Å²) in [7, 11) is 2.09. The first-order valence-electron chi connectivity index (χ1n) is 9.02. The molecular weight excluding hydrogens is 320 g/mol. The summed E-state index contributed by atoms with van der Waals surface area (Å²) in [6.07, 6.45) is 2.22. The van der Waals surface area contributed by atoms with Gasteiger partial charge in [0.05, 0.1) is 11.4 Å². The van der Waals surface area contributed by atoms with Crippen LogP contribution in [0.5, 0.6) is 0 Å². The smallest absolute Gasteiger partial charge is 0.255 e. The van der Waals surface area contributed by atoms with Gasteiger partial charge in [0, 0.05) is 19.2 Å². The molecule has 0 radical (unpaired) electrons. The average Bonchev–Trinajstić information content (AvgIpc) is 2.69. The van der Waals surface area contributed by atoms with Crippen LogP contribution in [-0.2, 0) is 6.42 Å². The summed E-state index contributed by atoms with van der Waals surface area (Å²) in [6, 6.07) is 24.1. The zero-order chi connectivity index (χ0) is 17.9. The van der Waals surface area contributed by atoms with Gasteiger partial charge in [0.15, 0.2) is 0 Å². The number of hydrogen-bond acceptors (Lipinski definition) is 2. The molecule has 3 aromatic carbocycles. The Hall–Kier alpha value is -3.07. The van der Waals surface area contributed by atoms with Crippen LogP contribution in [0.15, 0.2) is 72.8 Å². The summed E-state index contributed by atoms with van der Waals surface area (Å²) >= 11 is 0. The second-order valence-corrected chi connectivity index (χ2v) is 6.74. The number of benzene rings is 3. The topological polar surface area (TPSA) is 32.3 Å². The van der Waals surface area contributed by atoms with E-state index in [4.69, 9.17) is 0 Å². The Labute approximate surface area is 154 Å². The van der Waals surface area contributed by atoms with Crippen molar-refractivity contribution in [3.8, 4) is 11.1 Å². The van der Waals surface area contributed by atoms with E-state index in [1.807, 2.05) is 54.6 Å². The monoisotopic (exact) mass is 342 g/mol. The normalized spacial score (nSPS) is 13.2. The predicted octanol–water partition coefficient (Wildman–Crippen LogP) is 4.99. The highest BCUT2D eigenvalue weighted by Crippen LogP contribution is 2.33. The molecule has 26 heavy (non-hydrogen) atoms. The van der Waals surface area contributed by atoms with Crippen LogP contribution in [0.2, 0.25) is 0 Å². The lowest BCUT2D eigenvalue weighted by atomic mass is 10.0. The van der Waals surface area contributed by atoms with E-state index in [1.165, 1.54) is 5.56 Å². The van der Waals surface area contributed by atoms with Crippen molar-refractivity contribution >= 4 is 17.3 Å². The van der Waals surface area contributed by atoms with Crippen molar-refractivity contribution in [1.29, 1.82) is 0 Å². The summed E-state index contributed by atoms with van der Waals surface area (Å²) < 4.78 is 0. The van der Waals surface area contributed by atoms with Crippen LogP contribution < -0.4 is 10.2 Å². The van der Waals surface area contributed by atoms with Gasteiger partial charge in [-0.1, -0.05) is 54.6 Å². The number of amides is 1. The average molecular weight is 342 g/mol. The van der Waals surface area contributed by atoms with Crippen molar-refractivity contribution in [2.75, 3.05) is 23.8 Å². The minimum Gasteiger partial charge on any atom is -0.373 e. The summed E-state index contributed by atoms with van der Waals surface area (Å²) in [6.45, 7) is 1.02. The van der Waals surface area contributed by atoms with Gasteiger partial charge in [-0.3, -0.25) is 4.79 Å². The number of carbonyl (C=O) groups excluding carboxylic acids is 1. The summed E-state index contributed by atoms with van der Waals surface area (Å²) in [4.78, 5) is 15.0. The van der Waals surface area contributed by atoms with E-state index in [0.717, 1.165) is 41.9 Å². The molecule has 0 aromatic heterocycles. The first kappa shape index (κ1) is 16.4. The Morgan fingerprint density at radius 1 is 0.885 bits per heavy atom. The number of fused-ring (bicyclic) bond motifs is 1. The maximum absolute atomic E-state index is 12.7. The van der Waals surface area contributed by atoms with Crippen molar-refractivity contribution in [1.82, 2.24) is 0 Å². The SMILES string of the molecule is CN1CCCc2cccc(NC(=O)c3ccc(-c4ccccc4)cc3)c21. The van der Waals surface area contributed by atoms with E-state index in [1.54, 1.807) is 0 Å². The van der Waals surface area contributed by atoms with Crippen LogP contribution in [0.25, 0.3) is 11.1 Å². The highest BCUT2D eigenvalue weighted by atomic mass is 16.1. The number of hydrogen-bond donors (Lipinski definition) is 1. The van der Waals surface area contributed by atoms with E-state index in [9.17, 15) is 4.79 Å². The minimum absolute atomic E-state index is 0.0722. The fourth-order valence-corrected chi connectivity index (χ4v) is 3.60. The molecule has 3 nitrogen and oxygen atoms in total. The highest BCUT2D eigenvalue weighted by Gasteiger charge is 2.18. The quantitative estimate of drug-likeness (QED) is 0.727. The van der Waals surface area contributed by atoms with Gasteiger partial charge in [0.25, 0.3) is 5.91 Å². The third-order valence-electron chi connectivity index (χ3n) is 4.94. The van der Waals surface area contributed by atoms with Gasteiger partial charge in [-0.25, -0.2) is 0 Å². The fourth-order valence-electron chi connectivity index (χ4n) is 3.60. The minimum atomic E-state index is -0.0722. The second-order valence-electron chi connectivity index (χ2n) is 6.74. The van der Waals surface area contributed by atoms with Crippen LogP contribution >= 0.6 is 0 Å². The lowest BCUT2D eigenvalue weighted by Crippen LogP contribution is -2.26. The van der Waals surface area contributed by atoms with Gasteiger partial charge in [-0.2, -0.15) is 0 Å². The van der Waals surface area contributed by atoms with Crippen LogP contribution in [0.3, 0.4) is 0 Å². The number of anilines is 2. The predicted molar refractivity (Wildman–Crippen MR) is 108 cm³/mol. The Morgan fingerprint density at radius 2 is 1.62 bits per heavy atom. The second kappa shape index (κ2) is 7.04. The molecule has 0 saturated carbocycles. The van der Waals surface area contributed by atoms with E-state index >= 15 is 0 Å². The first-order chi connectivity index (χ1) is 12.7.